The van der Waals surface area contributed by atoms with Crippen molar-refractivity contribution in [3.8, 4) is 0 Å². The second-order valence-corrected chi connectivity index (χ2v) is 7.10. The van der Waals surface area contributed by atoms with Gasteiger partial charge >= 0.3 is 0 Å². The predicted octanol–water partition coefficient (Wildman–Crippen LogP) is 2.91. The van der Waals surface area contributed by atoms with Gasteiger partial charge in [0.15, 0.2) is 0 Å². The number of nitrogens with zero attached hydrogens (tertiary/aromatic N) is 1. The van der Waals surface area contributed by atoms with Crippen molar-refractivity contribution in [2.24, 2.45) is 5.92 Å². The number of carbonyl (C=O) groups excluding carboxylic acids is 2. The quantitative estimate of drug-likeness (QED) is 0.347. The summed E-state index contributed by atoms with van der Waals surface area (Å²) in [7, 11) is 0. The molecule has 15 heavy (non-hydrogen) atoms. The molecular formula is C8H8Cl3NO2S. The molecule has 7 heteroatoms. The molecule has 0 bridgehead atoms. The number of hydrogen-bond donors (Lipinski definition) is 0. The van der Waals surface area contributed by atoms with Crippen LogP contribution in [0.3, 0.4) is 0 Å². The Morgan fingerprint density at radius 1 is 1.53 bits per heavy atom. The maximum absolute atomic E-state index is 11.6. The molecule has 0 aliphatic carbocycles. The molecule has 1 aliphatic heterocycles. The minimum atomic E-state index is -1.70. The minimum Gasteiger partial charge on any atom is -0.273 e. The average molecular weight is 289 g/mol. The first-order valence-electron chi connectivity index (χ1n) is 4.08. The third-order valence-corrected chi connectivity index (χ3v) is 3.24. The van der Waals surface area contributed by atoms with Crippen LogP contribution >= 0.6 is 46.8 Å². The highest BCUT2D eigenvalue weighted by atomic mass is 35.6. The van der Waals surface area contributed by atoms with Gasteiger partial charge in [0, 0.05) is 18.4 Å². The highest BCUT2D eigenvalue weighted by molar-refractivity contribution is 8.03. The van der Waals surface area contributed by atoms with Crippen molar-refractivity contribution in [1.29, 1.82) is 0 Å². The fourth-order valence-corrected chi connectivity index (χ4v) is 2.50. The molecule has 3 nitrogen and oxygen atoms in total. The lowest BCUT2D eigenvalue weighted by atomic mass is 10.0. The highest BCUT2D eigenvalue weighted by Crippen LogP contribution is 2.44. The van der Waals surface area contributed by atoms with Crippen LogP contribution in [-0.4, -0.2) is 19.2 Å². The molecule has 0 aromatic heterocycles. The maximum atomic E-state index is 11.6. The van der Waals surface area contributed by atoms with E-state index in [0.717, 1.165) is 4.31 Å². The lowest BCUT2D eigenvalue weighted by molar-refractivity contribution is -0.132. The van der Waals surface area contributed by atoms with Gasteiger partial charge in [-0.05, 0) is 6.42 Å². The van der Waals surface area contributed by atoms with Gasteiger partial charge in [-0.25, -0.2) is 4.31 Å². The molecule has 84 valence electrons. The highest BCUT2D eigenvalue weighted by Gasteiger charge is 2.42. The van der Waals surface area contributed by atoms with E-state index in [9.17, 15) is 9.59 Å². The smallest absolute Gasteiger partial charge is 0.256 e. The number of alkyl halides is 3. The van der Waals surface area contributed by atoms with Crippen molar-refractivity contribution in [2.45, 2.75) is 16.0 Å². The zero-order valence-corrected chi connectivity index (χ0v) is 10.7. The van der Waals surface area contributed by atoms with Gasteiger partial charge < -0.3 is 0 Å². The SMILES string of the molecule is C=CCC1CC(=O)N(SC(Cl)(Cl)Cl)C1=O. The molecule has 1 rings (SSSR count). The molecule has 0 aromatic rings. The topological polar surface area (TPSA) is 37.4 Å². The van der Waals surface area contributed by atoms with Gasteiger partial charge in [0.25, 0.3) is 3.12 Å². The van der Waals surface area contributed by atoms with Crippen molar-refractivity contribution in [3.05, 3.63) is 12.7 Å². The van der Waals surface area contributed by atoms with E-state index in [-0.39, 0.29) is 24.2 Å². The van der Waals surface area contributed by atoms with E-state index in [4.69, 9.17) is 34.8 Å². The standard InChI is InChI=1S/C8H8Cl3NO2S/c1-2-3-5-4-6(13)12(7(5)14)15-8(9,10)11/h2,5H,1,3-4H2. The predicted molar refractivity (Wildman–Crippen MR) is 62.7 cm³/mol. The number of imide groups is 1. The van der Waals surface area contributed by atoms with Gasteiger partial charge in [0.05, 0.1) is 5.92 Å². The van der Waals surface area contributed by atoms with Crippen molar-refractivity contribution in [1.82, 2.24) is 4.31 Å². The first kappa shape index (κ1) is 13.2. The Bertz CT molecular complexity index is 303. The Hall–Kier alpha value is 0.1000. The maximum Gasteiger partial charge on any atom is 0.256 e. The summed E-state index contributed by atoms with van der Waals surface area (Å²) in [5.74, 6) is -1.02. The van der Waals surface area contributed by atoms with Gasteiger partial charge in [-0.1, -0.05) is 40.9 Å². The summed E-state index contributed by atoms with van der Waals surface area (Å²) in [6, 6.07) is 0. The zero-order valence-electron chi connectivity index (χ0n) is 7.58. The number of carbonyl (C=O) groups is 2. The monoisotopic (exact) mass is 287 g/mol. The molecule has 0 aromatic carbocycles. The fourth-order valence-electron chi connectivity index (χ4n) is 1.25. The van der Waals surface area contributed by atoms with E-state index >= 15 is 0 Å². The van der Waals surface area contributed by atoms with Gasteiger partial charge in [0.2, 0.25) is 11.8 Å². The lowest BCUT2D eigenvalue weighted by Gasteiger charge is -2.17. The molecular weight excluding hydrogens is 281 g/mol. The summed E-state index contributed by atoms with van der Waals surface area (Å²) in [6.45, 7) is 3.52. The summed E-state index contributed by atoms with van der Waals surface area (Å²) in [4.78, 5) is 23.1. The third kappa shape index (κ3) is 3.55. The molecule has 1 fully saturated rings. The first-order chi connectivity index (χ1) is 6.85. The van der Waals surface area contributed by atoms with Crippen LogP contribution in [0.4, 0.5) is 0 Å². The second kappa shape index (κ2) is 4.95. The number of halogens is 3. The summed E-state index contributed by atoms with van der Waals surface area (Å²) in [6.07, 6.45) is 2.21. The van der Waals surface area contributed by atoms with Gasteiger partial charge in [0.1, 0.15) is 0 Å². The molecule has 0 radical (unpaired) electrons. The Labute approximate surface area is 107 Å². The normalized spacial score (nSPS) is 22.3. The van der Waals surface area contributed by atoms with Crippen LogP contribution in [-0.2, 0) is 9.59 Å². The van der Waals surface area contributed by atoms with Crippen molar-refractivity contribution >= 4 is 58.6 Å². The van der Waals surface area contributed by atoms with Crippen LogP contribution in [0.25, 0.3) is 0 Å². The van der Waals surface area contributed by atoms with Crippen molar-refractivity contribution < 1.29 is 9.59 Å². The van der Waals surface area contributed by atoms with Crippen LogP contribution in [0.5, 0.6) is 0 Å². The molecule has 0 N–H and O–H groups in total. The molecule has 1 atom stereocenters. The molecule has 1 saturated heterocycles. The van der Waals surface area contributed by atoms with Crippen molar-refractivity contribution in [2.75, 3.05) is 0 Å². The van der Waals surface area contributed by atoms with Crippen molar-refractivity contribution in [3.63, 3.8) is 0 Å². The van der Waals surface area contributed by atoms with E-state index in [0.29, 0.717) is 18.4 Å². The second-order valence-electron chi connectivity index (χ2n) is 2.99. The lowest BCUT2D eigenvalue weighted by Crippen LogP contribution is -2.26. The summed E-state index contributed by atoms with van der Waals surface area (Å²) < 4.78 is -0.782. The van der Waals surface area contributed by atoms with E-state index < -0.39 is 3.12 Å². The summed E-state index contributed by atoms with van der Waals surface area (Å²) >= 11 is 17.1. The van der Waals surface area contributed by atoms with Crippen LogP contribution in [0.1, 0.15) is 12.8 Å². The van der Waals surface area contributed by atoms with E-state index in [1.165, 1.54) is 0 Å². The molecule has 0 spiro atoms. The number of allylic oxidation sites excluding steroid dienone is 1. The Morgan fingerprint density at radius 3 is 2.60 bits per heavy atom. The molecule has 1 heterocycles. The van der Waals surface area contributed by atoms with Gasteiger partial charge in [-0.3, -0.25) is 9.59 Å². The zero-order chi connectivity index (χ0) is 11.6. The van der Waals surface area contributed by atoms with Crippen LogP contribution in [0.15, 0.2) is 12.7 Å². The Balaban J connectivity index is 2.71. The van der Waals surface area contributed by atoms with Crippen LogP contribution < -0.4 is 0 Å². The molecule has 1 aliphatic rings. The first-order valence-corrected chi connectivity index (χ1v) is 5.99. The summed E-state index contributed by atoms with van der Waals surface area (Å²) in [5, 5.41) is 0. The Kier molecular flexibility index (Phi) is 4.35. The minimum absolute atomic E-state index is 0.151. The van der Waals surface area contributed by atoms with Crippen LogP contribution in [0.2, 0.25) is 0 Å². The molecule has 1 unspecified atom stereocenters. The number of hydrogen-bond acceptors (Lipinski definition) is 3. The van der Waals surface area contributed by atoms with E-state index in [2.05, 4.69) is 6.58 Å². The number of rotatable bonds is 3. The summed E-state index contributed by atoms with van der Waals surface area (Å²) in [5.41, 5.74) is 0. The van der Waals surface area contributed by atoms with Gasteiger partial charge in [-0.15, -0.1) is 6.58 Å². The largest absolute Gasteiger partial charge is 0.273 e. The average Bonchev–Trinajstić information content (AvgIpc) is 2.32. The van der Waals surface area contributed by atoms with E-state index in [1.807, 2.05) is 0 Å². The fraction of sp³-hybridized carbons (Fsp3) is 0.500. The van der Waals surface area contributed by atoms with Gasteiger partial charge in [-0.2, -0.15) is 0 Å². The molecule has 2 amide bonds. The number of amides is 2. The molecule has 0 saturated carbocycles. The third-order valence-electron chi connectivity index (χ3n) is 1.84. The van der Waals surface area contributed by atoms with Crippen LogP contribution in [0, 0.1) is 5.92 Å². The van der Waals surface area contributed by atoms with E-state index in [1.54, 1.807) is 6.08 Å². The Morgan fingerprint density at radius 2 is 2.13 bits per heavy atom.